The normalized spacial score (nSPS) is 10.9. The zero-order chi connectivity index (χ0) is 51.0. The molecule has 0 fully saturated rings. The van der Waals surface area contributed by atoms with Gasteiger partial charge in [-0.15, -0.1) is 47.9 Å². The summed E-state index contributed by atoms with van der Waals surface area (Å²) in [6.07, 6.45) is 4.42. The van der Waals surface area contributed by atoms with E-state index in [1.807, 2.05) is 72.8 Å². The second-order valence-corrected chi connectivity index (χ2v) is 18.9. The Morgan fingerprint density at radius 3 is 1.51 bits per heavy atom. The average Bonchev–Trinajstić information content (AvgIpc) is 3.92. The molecule has 0 saturated carbocycles. The first-order valence-corrected chi connectivity index (χ1v) is 25.7. The average molecular weight is 1060 g/mol. The number of thiazole rings is 2. The Kier molecular flexibility index (Phi) is 19.5. The quantitative estimate of drug-likeness (QED) is 0.0335. The van der Waals surface area contributed by atoms with E-state index >= 15 is 0 Å². The van der Waals surface area contributed by atoms with Gasteiger partial charge in [0, 0.05) is 54.5 Å². The molecular weight excluding hydrogens is 1020 g/mol. The van der Waals surface area contributed by atoms with Crippen LogP contribution in [0.3, 0.4) is 0 Å². The van der Waals surface area contributed by atoms with E-state index in [9.17, 15) is 32.1 Å². The van der Waals surface area contributed by atoms with Crippen molar-refractivity contribution in [3.63, 3.8) is 0 Å². The van der Waals surface area contributed by atoms with Crippen LogP contribution in [0.5, 0.6) is 0 Å². The Morgan fingerprint density at radius 2 is 1.04 bits per heavy atom. The van der Waals surface area contributed by atoms with Crippen LogP contribution in [0.4, 0.5) is 11.4 Å². The van der Waals surface area contributed by atoms with E-state index < -0.39 is 54.5 Å². The smallest absolute Gasteiger partial charge is 0.425 e. The van der Waals surface area contributed by atoms with Crippen LogP contribution >= 0.6 is 22.7 Å². The third kappa shape index (κ3) is 16.2. The van der Waals surface area contributed by atoms with Crippen LogP contribution in [0.15, 0.2) is 114 Å². The molecule has 0 saturated heterocycles. The number of carboxylic acids is 2. The molecule has 0 radical (unpaired) electrons. The lowest BCUT2D eigenvalue weighted by Crippen LogP contribution is -2.09. The van der Waals surface area contributed by atoms with Crippen LogP contribution in [-0.2, 0) is 40.9 Å². The zero-order valence-corrected chi connectivity index (χ0v) is 40.3. The summed E-state index contributed by atoms with van der Waals surface area (Å²) in [6, 6.07) is 26.8. The number of rotatable bonds is 17. The van der Waals surface area contributed by atoms with Crippen molar-refractivity contribution in [3.05, 3.63) is 112 Å². The molecule has 4 aromatic heterocycles. The fourth-order valence-corrected chi connectivity index (χ4v) is 9.23. The van der Waals surface area contributed by atoms with Gasteiger partial charge in [0.25, 0.3) is 10.1 Å². The number of para-hydroxylation sites is 2. The molecular formula is C44H40N4O17S5. The maximum absolute atomic E-state index is 12.7. The summed E-state index contributed by atoms with van der Waals surface area (Å²) in [7, 11) is -10.8. The Hall–Kier alpha value is -7.23. The molecule has 8 rings (SSSR count). The lowest BCUT2D eigenvalue weighted by molar-refractivity contribution is -0.138. The Labute approximate surface area is 407 Å². The van der Waals surface area contributed by atoms with Gasteiger partial charge in [-0.3, -0.25) is 14.1 Å². The number of nitrogens with zero attached hydrogens (tertiary/aromatic N) is 2. The molecule has 0 atom stereocenters. The van der Waals surface area contributed by atoms with Crippen molar-refractivity contribution < 1.29 is 66.9 Å². The number of benzene rings is 4. The number of carboxylic acid groups (broad SMARTS) is 2. The largest absolute Gasteiger partial charge is 0.481 e. The minimum absolute atomic E-state index is 0.0639. The molecule has 0 bridgehead atoms. The molecule has 368 valence electrons. The molecule has 0 aliphatic heterocycles. The van der Waals surface area contributed by atoms with Gasteiger partial charge in [-0.2, -0.15) is 8.42 Å². The molecule has 21 nitrogen and oxygen atoms in total. The molecule has 70 heavy (non-hydrogen) atoms. The second-order valence-electron chi connectivity index (χ2n) is 14.7. The number of aliphatic carboxylic acids is 2. The first kappa shape index (κ1) is 53.7. The van der Waals surface area contributed by atoms with Crippen molar-refractivity contribution in [1.82, 2.24) is 9.97 Å². The van der Waals surface area contributed by atoms with Crippen molar-refractivity contribution >= 4 is 120 Å². The van der Waals surface area contributed by atoms with E-state index in [0.717, 1.165) is 50.9 Å². The first-order valence-electron chi connectivity index (χ1n) is 20.6. The molecule has 4 aromatic carbocycles. The summed E-state index contributed by atoms with van der Waals surface area (Å²) < 4.78 is 97.3. The Balaban J connectivity index is 0.000000227. The summed E-state index contributed by atoms with van der Waals surface area (Å²) in [6.45, 7) is 1.08. The van der Waals surface area contributed by atoms with Gasteiger partial charge < -0.3 is 29.7 Å². The summed E-state index contributed by atoms with van der Waals surface area (Å²) >= 11 is 2.79. The summed E-state index contributed by atoms with van der Waals surface area (Å²) in [5, 5.41) is 25.8. The maximum atomic E-state index is 12.7. The van der Waals surface area contributed by atoms with Crippen LogP contribution < -0.4 is 21.9 Å². The van der Waals surface area contributed by atoms with E-state index in [-0.39, 0.29) is 34.6 Å². The summed E-state index contributed by atoms with van der Waals surface area (Å²) in [5.74, 6) is -1.63. The molecule has 0 aliphatic rings. The number of carbonyl (C=O) groups is 2. The highest BCUT2D eigenvalue weighted by Gasteiger charge is 2.20. The van der Waals surface area contributed by atoms with E-state index in [1.165, 1.54) is 40.9 Å². The maximum Gasteiger partial charge on any atom is 0.425 e. The Bertz CT molecular complexity index is 3540. The van der Waals surface area contributed by atoms with Crippen molar-refractivity contribution in [3.8, 4) is 21.1 Å². The third-order valence-corrected chi connectivity index (χ3v) is 12.7. The number of hydrogen-bond acceptors (Lipinski definition) is 20. The monoisotopic (exact) mass is 1060 g/mol. The van der Waals surface area contributed by atoms with Crippen LogP contribution in [0.1, 0.15) is 51.4 Å². The zero-order valence-electron chi connectivity index (χ0n) is 36.2. The SMILES string of the molecule is O=C(O)CCCCCNc1cc2oc(=O)c(-c3nc4ccccc4s3)cc2cc1S(=O)(=O)O.O=C(O)CCCCCNc1ccc2cc(-c3nc4ccccc4s3)c(=O)oc2c1.O=S(=O)=O.O=S(=O)=O. The van der Waals surface area contributed by atoms with Gasteiger partial charge in [0.15, 0.2) is 0 Å². The lowest BCUT2D eigenvalue weighted by atomic mass is 10.1. The number of unbranched alkanes of at least 4 members (excludes halogenated alkanes) is 4. The standard InChI is InChI=1S/C22H20N2O7S2.C22H20N2O4S.2O3S/c25-20(26)8-2-1-5-9-23-16-12-17-13(11-19(16)33(28,29)30)10-14(22(27)31-17)21-24-15-6-3-4-7-18(15)32-21;25-20(26)8-2-1-5-11-23-15-10-9-14-12-16(22(27)28-18(14)13-15)21-24-17-6-3-4-7-19(17)29-21;2*1-4(2)3/h3-4,6-7,10-12,23H,1-2,5,8-9H2,(H,25,26)(H,28,29,30);3-4,6-7,9-10,12-13,23H,1-2,5,8,11H2,(H,25,26);;. The fourth-order valence-electron chi connectivity index (χ4n) is 6.60. The van der Waals surface area contributed by atoms with Gasteiger partial charge in [0.05, 0.1) is 37.2 Å². The number of hydrogen-bond donors (Lipinski definition) is 5. The molecule has 0 amide bonds. The molecule has 26 heteroatoms. The molecule has 0 aliphatic carbocycles. The lowest BCUT2D eigenvalue weighted by Gasteiger charge is -2.12. The third-order valence-electron chi connectivity index (χ3n) is 9.68. The molecule has 0 unspecified atom stereocenters. The molecule has 5 N–H and O–H groups in total. The van der Waals surface area contributed by atoms with Crippen molar-refractivity contribution in [2.75, 3.05) is 23.7 Å². The summed E-state index contributed by atoms with van der Waals surface area (Å²) in [5.41, 5.74) is 2.91. The van der Waals surface area contributed by atoms with E-state index in [2.05, 4.69) is 20.6 Å². The predicted molar refractivity (Wildman–Crippen MR) is 261 cm³/mol. The number of aromatic nitrogens is 2. The van der Waals surface area contributed by atoms with Crippen LogP contribution in [0.25, 0.3) is 63.5 Å². The van der Waals surface area contributed by atoms with Gasteiger partial charge in [0.1, 0.15) is 26.1 Å². The fraction of sp³-hybridized carbons (Fsp3) is 0.227. The Morgan fingerprint density at radius 1 is 0.586 bits per heavy atom. The van der Waals surface area contributed by atoms with Gasteiger partial charge in [-0.05, 0) is 80.3 Å². The van der Waals surface area contributed by atoms with Crippen molar-refractivity contribution in [2.24, 2.45) is 0 Å². The number of nitrogens with one attached hydrogen (secondary N) is 2. The van der Waals surface area contributed by atoms with Crippen molar-refractivity contribution in [1.29, 1.82) is 0 Å². The minimum atomic E-state index is -4.56. The molecule has 0 spiro atoms. The topological polar surface area (TPSA) is 342 Å². The van der Waals surface area contributed by atoms with Gasteiger partial charge in [-0.1, -0.05) is 37.1 Å². The molecule has 4 heterocycles. The number of anilines is 2. The van der Waals surface area contributed by atoms with Gasteiger partial charge in [0.2, 0.25) is 0 Å². The van der Waals surface area contributed by atoms with Crippen LogP contribution in [-0.4, -0.2) is 83.4 Å². The van der Waals surface area contributed by atoms with Gasteiger partial charge >= 0.3 is 44.4 Å². The van der Waals surface area contributed by atoms with Gasteiger partial charge in [-0.25, -0.2) is 19.6 Å². The van der Waals surface area contributed by atoms with E-state index in [1.54, 1.807) is 0 Å². The summed E-state index contributed by atoms with van der Waals surface area (Å²) in [4.78, 5) is 54.9. The van der Waals surface area contributed by atoms with Crippen LogP contribution in [0.2, 0.25) is 0 Å². The van der Waals surface area contributed by atoms with E-state index in [4.69, 9.17) is 44.3 Å². The highest BCUT2D eigenvalue weighted by Crippen LogP contribution is 2.33. The minimum Gasteiger partial charge on any atom is -0.481 e. The van der Waals surface area contributed by atoms with Crippen molar-refractivity contribution in [2.45, 2.75) is 56.3 Å². The molecule has 8 aromatic rings. The highest BCUT2D eigenvalue weighted by molar-refractivity contribution is 7.86. The number of fused-ring (bicyclic) bond motifs is 4. The van der Waals surface area contributed by atoms with Crippen LogP contribution in [0, 0.1) is 0 Å². The first-order chi connectivity index (χ1) is 33.3. The van der Waals surface area contributed by atoms with E-state index in [0.29, 0.717) is 58.8 Å². The highest BCUT2D eigenvalue weighted by atomic mass is 32.2. The second kappa shape index (κ2) is 25.4. The predicted octanol–water partition coefficient (Wildman–Crippen LogP) is 7.49.